The number of hydrogen-bond donors (Lipinski definition) is 1. The van der Waals surface area contributed by atoms with Gasteiger partial charge < -0.3 is 15.0 Å². The van der Waals surface area contributed by atoms with E-state index in [0.29, 0.717) is 19.7 Å². The maximum atomic E-state index is 12.0. The highest BCUT2D eigenvalue weighted by molar-refractivity contribution is 6.31. The molecule has 1 amide bonds. The number of carbonyl (C=O) groups excluding carboxylic acids is 1. The number of ether oxygens (including phenoxy) is 1. The Bertz CT molecular complexity index is 1770. The number of pyridine rings is 2. The lowest BCUT2D eigenvalue weighted by molar-refractivity contribution is 0.0709. The van der Waals surface area contributed by atoms with E-state index >= 15 is 0 Å². The topological polar surface area (TPSA) is 73.8 Å². The average molecular weight is 700 g/mol. The Balaban J connectivity index is 0.000000157. The normalized spacial score (nSPS) is 20.7. The minimum atomic E-state index is -0.219. The van der Waals surface area contributed by atoms with Gasteiger partial charge in [0.2, 0.25) is 0 Å². The van der Waals surface area contributed by atoms with Crippen LogP contribution in [-0.2, 0) is 30.4 Å². The van der Waals surface area contributed by atoms with E-state index in [1.807, 2.05) is 37.5 Å². The zero-order valence-corrected chi connectivity index (χ0v) is 29.6. The molecule has 2 aromatic heterocycles. The maximum Gasteiger partial charge on any atom is 0.409 e. The van der Waals surface area contributed by atoms with Crippen molar-refractivity contribution in [2.45, 2.75) is 44.7 Å². The Morgan fingerprint density at radius 2 is 1.20 bits per heavy atom. The van der Waals surface area contributed by atoms with Crippen LogP contribution in [0.5, 0.6) is 0 Å². The molecule has 8 nitrogen and oxygen atoms in total. The molecule has 0 saturated carbocycles. The number of nitrogens with one attached hydrogen (secondary N) is 1. The van der Waals surface area contributed by atoms with E-state index in [4.69, 9.17) is 37.9 Å². The summed E-state index contributed by atoms with van der Waals surface area (Å²) in [6.07, 6.45) is 7.60. The van der Waals surface area contributed by atoms with Crippen LogP contribution in [0.25, 0.3) is 0 Å². The molecule has 4 heterocycles. The molecule has 0 unspecified atom stereocenters. The first kappa shape index (κ1) is 33.9. The first-order chi connectivity index (χ1) is 24.0. The van der Waals surface area contributed by atoms with Crippen molar-refractivity contribution in [1.82, 2.24) is 30.0 Å². The van der Waals surface area contributed by atoms with Crippen molar-refractivity contribution in [1.29, 1.82) is 0 Å². The number of hydrogen-bond acceptors (Lipinski definition) is 7. The molecule has 2 aliphatic heterocycles. The number of aromatic nitrogens is 2. The molecule has 10 heteroatoms. The van der Waals surface area contributed by atoms with Crippen molar-refractivity contribution in [3.8, 4) is 0 Å². The van der Waals surface area contributed by atoms with Crippen molar-refractivity contribution in [2.75, 3.05) is 59.0 Å². The number of rotatable bonds is 3. The quantitative estimate of drug-likeness (QED) is 0.261. The molecular weight excluding hydrogens is 655 g/mol. The number of piperazine rings is 2. The molecule has 2 fully saturated rings. The van der Waals surface area contributed by atoms with Crippen LogP contribution in [0, 0.1) is 0 Å². The summed E-state index contributed by atoms with van der Waals surface area (Å²) in [5, 5.41) is 5.05. The monoisotopic (exact) mass is 698 g/mol. The van der Waals surface area contributed by atoms with Crippen molar-refractivity contribution < 1.29 is 9.53 Å². The Kier molecular flexibility index (Phi) is 10.8. The van der Waals surface area contributed by atoms with Crippen molar-refractivity contribution in [3.63, 3.8) is 0 Å². The molecule has 256 valence electrons. The minimum Gasteiger partial charge on any atom is -0.450 e. The van der Waals surface area contributed by atoms with Crippen molar-refractivity contribution >= 4 is 29.3 Å². The van der Waals surface area contributed by atoms with Crippen LogP contribution in [0.2, 0.25) is 10.0 Å². The van der Waals surface area contributed by atoms with E-state index < -0.39 is 0 Å². The summed E-state index contributed by atoms with van der Waals surface area (Å²) in [7, 11) is 0. The second-order valence-corrected chi connectivity index (χ2v) is 14.0. The molecule has 8 rings (SSSR count). The van der Waals surface area contributed by atoms with Crippen LogP contribution in [0.15, 0.2) is 73.1 Å². The molecule has 2 aromatic carbocycles. The van der Waals surface area contributed by atoms with Crippen LogP contribution < -0.4 is 5.32 Å². The van der Waals surface area contributed by atoms with Gasteiger partial charge in [0.25, 0.3) is 0 Å². The standard InChI is InChI=1S/C21H24ClN3O2.C18H20ClN3/c1-2-27-21(26)25-12-10-24(11-13-25)20-18-8-7-17(22)14-16(18)6-5-15-4-3-9-23-19(15)20;19-15-5-6-16-14(12-15)4-3-13-2-1-7-21-17(13)18(16)22-10-8-20-9-11-22/h3-4,7-9,14,20H,2,5-6,10-13H2,1H3;1-2,5-7,12,18,20H,3-4,8-11H2/t20-;18-/m00/s1. The van der Waals surface area contributed by atoms with E-state index in [1.54, 1.807) is 4.90 Å². The van der Waals surface area contributed by atoms with Gasteiger partial charge in [0.05, 0.1) is 30.1 Å². The lowest BCUT2D eigenvalue weighted by Gasteiger charge is -2.39. The predicted molar refractivity (Wildman–Crippen MR) is 194 cm³/mol. The highest BCUT2D eigenvalue weighted by Gasteiger charge is 2.34. The predicted octanol–water partition coefficient (Wildman–Crippen LogP) is 6.53. The van der Waals surface area contributed by atoms with Gasteiger partial charge in [-0.3, -0.25) is 19.8 Å². The highest BCUT2D eigenvalue weighted by Crippen LogP contribution is 2.38. The van der Waals surface area contributed by atoms with Gasteiger partial charge in [-0.2, -0.15) is 0 Å². The van der Waals surface area contributed by atoms with Gasteiger partial charge in [-0.05, 0) is 102 Å². The fourth-order valence-electron chi connectivity index (χ4n) is 7.82. The van der Waals surface area contributed by atoms with Gasteiger partial charge in [-0.25, -0.2) is 4.79 Å². The number of fused-ring (bicyclic) bond motifs is 4. The smallest absolute Gasteiger partial charge is 0.409 e. The van der Waals surface area contributed by atoms with Gasteiger partial charge >= 0.3 is 6.09 Å². The summed E-state index contributed by atoms with van der Waals surface area (Å²) in [6, 6.07) is 21.4. The van der Waals surface area contributed by atoms with E-state index in [-0.39, 0.29) is 18.2 Å². The second kappa shape index (κ2) is 15.6. The molecule has 0 radical (unpaired) electrons. The molecule has 1 N–H and O–H groups in total. The fourth-order valence-corrected chi connectivity index (χ4v) is 8.21. The number of benzene rings is 2. The molecule has 2 aliphatic carbocycles. The zero-order valence-electron chi connectivity index (χ0n) is 28.1. The first-order valence-corrected chi connectivity index (χ1v) is 18.3. The van der Waals surface area contributed by atoms with Crippen LogP contribution in [-0.4, -0.2) is 89.7 Å². The molecule has 2 saturated heterocycles. The third kappa shape index (κ3) is 7.49. The molecule has 0 bridgehead atoms. The van der Waals surface area contributed by atoms with E-state index in [2.05, 4.69) is 57.6 Å². The zero-order chi connectivity index (χ0) is 33.7. The van der Waals surface area contributed by atoms with E-state index in [0.717, 1.165) is 80.7 Å². The Morgan fingerprint density at radius 1 is 0.714 bits per heavy atom. The number of amides is 1. The summed E-state index contributed by atoms with van der Waals surface area (Å²) in [6.45, 7) is 9.37. The summed E-state index contributed by atoms with van der Waals surface area (Å²) in [4.78, 5) is 28.3. The van der Waals surface area contributed by atoms with Gasteiger partial charge in [-0.15, -0.1) is 0 Å². The summed E-state index contributed by atoms with van der Waals surface area (Å²) in [5.74, 6) is 0. The summed E-state index contributed by atoms with van der Waals surface area (Å²) < 4.78 is 5.15. The van der Waals surface area contributed by atoms with Crippen LogP contribution >= 0.6 is 23.2 Å². The van der Waals surface area contributed by atoms with Crippen molar-refractivity contribution in [3.05, 3.63) is 128 Å². The maximum absolute atomic E-state index is 12.0. The number of aryl methyl sites for hydroxylation is 4. The van der Waals surface area contributed by atoms with E-state index in [1.165, 1.54) is 39.1 Å². The molecule has 49 heavy (non-hydrogen) atoms. The molecular formula is C39H44Cl2N6O2. The molecule has 0 spiro atoms. The highest BCUT2D eigenvalue weighted by atomic mass is 35.5. The van der Waals surface area contributed by atoms with Crippen LogP contribution in [0.3, 0.4) is 0 Å². The number of halogens is 2. The lowest BCUT2D eigenvalue weighted by atomic mass is 9.96. The third-order valence-corrected chi connectivity index (χ3v) is 10.7. The fraction of sp³-hybridized carbons (Fsp3) is 0.410. The Morgan fingerprint density at radius 3 is 1.71 bits per heavy atom. The number of nitrogens with zero attached hydrogens (tertiary/aromatic N) is 5. The average Bonchev–Trinajstić information content (AvgIpc) is 3.40. The third-order valence-electron chi connectivity index (χ3n) is 10.2. The minimum absolute atomic E-state index is 0.0975. The summed E-state index contributed by atoms with van der Waals surface area (Å²) in [5.41, 5.74) is 10.3. The first-order valence-electron chi connectivity index (χ1n) is 17.5. The Labute approximate surface area is 299 Å². The van der Waals surface area contributed by atoms with E-state index in [9.17, 15) is 4.79 Å². The van der Waals surface area contributed by atoms with Crippen LogP contribution in [0.4, 0.5) is 4.79 Å². The SMILES string of the molecule is CCOC(=O)N1CCN([C@H]2c3ccc(Cl)cc3CCc3cccnc32)CC1.Clc1ccc2c(c1)CCc1cccnc1[C@H]2N1CCNCC1. The summed E-state index contributed by atoms with van der Waals surface area (Å²) >= 11 is 12.5. The Hall–Kier alpha value is -3.53. The molecule has 2 atom stereocenters. The largest absolute Gasteiger partial charge is 0.450 e. The van der Waals surface area contributed by atoms with Gasteiger partial charge in [0.15, 0.2) is 0 Å². The number of carbonyl (C=O) groups is 1. The van der Waals surface area contributed by atoms with Crippen molar-refractivity contribution in [2.24, 2.45) is 0 Å². The van der Waals surface area contributed by atoms with Gasteiger partial charge in [-0.1, -0.05) is 47.5 Å². The lowest BCUT2D eigenvalue weighted by Crippen LogP contribution is -2.50. The second-order valence-electron chi connectivity index (χ2n) is 13.1. The van der Waals surface area contributed by atoms with Gasteiger partial charge in [0.1, 0.15) is 0 Å². The molecule has 4 aliphatic rings. The molecule has 4 aromatic rings. The van der Waals surface area contributed by atoms with Gasteiger partial charge in [0, 0.05) is 74.8 Å². The van der Waals surface area contributed by atoms with Crippen LogP contribution in [0.1, 0.15) is 63.8 Å².